The average molecular weight is 241 g/mol. The van der Waals surface area contributed by atoms with Crippen LogP contribution in [0, 0.1) is 6.92 Å². The molecule has 0 unspecified atom stereocenters. The fraction of sp³-hybridized carbons (Fsp3) is 0.636. The Kier molecular flexibility index (Phi) is 4.89. The zero-order valence-electron chi connectivity index (χ0n) is 10.0. The van der Waals surface area contributed by atoms with E-state index in [9.17, 15) is 4.79 Å². The van der Waals surface area contributed by atoms with Crippen molar-refractivity contribution in [1.82, 2.24) is 10.3 Å². The minimum atomic E-state index is 0.0565. The lowest BCUT2D eigenvalue weighted by Crippen LogP contribution is -2.31. The third kappa shape index (κ3) is 3.90. The van der Waals surface area contributed by atoms with Gasteiger partial charge in [0.05, 0.1) is 17.1 Å². The summed E-state index contributed by atoms with van der Waals surface area (Å²) in [5.74, 6) is 0.0565. The second-order valence-corrected chi connectivity index (χ2v) is 5.22. The Bertz CT molecular complexity index is 360. The number of nitrogens with one attached hydrogen (secondary N) is 1. The predicted molar refractivity (Wildman–Crippen MR) is 66.6 cm³/mol. The molecule has 1 aromatic rings. The van der Waals surface area contributed by atoms with E-state index < -0.39 is 0 Å². The number of nitrogens with two attached hydrogens (primary N) is 1. The number of aryl methyl sites for hydroxylation is 1. The van der Waals surface area contributed by atoms with Crippen molar-refractivity contribution < 1.29 is 4.79 Å². The molecule has 4 nitrogen and oxygen atoms in total. The number of amides is 1. The highest BCUT2D eigenvalue weighted by molar-refractivity contribution is 7.11. The van der Waals surface area contributed by atoms with Gasteiger partial charge in [0.2, 0.25) is 5.91 Å². The molecule has 1 heterocycles. The molecule has 0 aromatic carbocycles. The maximum atomic E-state index is 11.6. The van der Waals surface area contributed by atoms with Crippen LogP contribution in [0.3, 0.4) is 0 Å². The second-order valence-electron chi connectivity index (χ2n) is 4.05. The highest BCUT2D eigenvalue weighted by Crippen LogP contribution is 2.18. The van der Waals surface area contributed by atoms with Gasteiger partial charge in [0, 0.05) is 17.3 Å². The van der Waals surface area contributed by atoms with Gasteiger partial charge in [-0.2, -0.15) is 0 Å². The third-order valence-corrected chi connectivity index (χ3v) is 3.28. The summed E-state index contributed by atoms with van der Waals surface area (Å²) in [5, 5.41) is 3.90. The third-order valence-electron chi connectivity index (χ3n) is 2.07. The van der Waals surface area contributed by atoms with Crippen LogP contribution in [0.1, 0.15) is 29.4 Å². The monoisotopic (exact) mass is 241 g/mol. The summed E-state index contributed by atoms with van der Waals surface area (Å²) in [4.78, 5) is 17.0. The van der Waals surface area contributed by atoms with Crippen molar-refractivity contribution in [1.29, 1.82) is 0 Å². The van der Waals surface area contributed by atoms with Crippen LogP contribution in [0.4, 0.5) is 0 Å². The topological polar surface area (TPSA) is 68.0 Å². The van der Waals surface area contributed by atoms with Crippen LogP contribution in [0.2, 0.25) is 0 Å². The Labute approximate surface area is 100 Å². The Morgan fingerprint density at radius 2 is 2.25 bits per heavy atom. The van der Waals surface area contributed by atoms with Gasteiger partial charge in [0.1, 0.15) is 0 Å². The van der Waals surface area contributed by atoms with Crippen molar-refractivity contribution in [2.45, 2.75) is 39.7 Å². The number of carbonyl (C=O) groups excluding carboxylic acids is 1. The standard InChI is InChI=1S/C11H19N3OS/c1-7(2)13-10(15)6-9-8(3)14-11(16-9)4-5-12/h7H,4-6,12H2,1-3H3,(H,13,15). The summed E-state index contributed by atoms with van der Waals surface area (Å²) in [7, 11) is 0. The molecule has 1 amide bonds. The Morgan fingerprint density at radius 3 is 2.81 bits per heavy atom. The van der Waals surface area contributed by atoms with E-state index in [1.807, 2.05) is 20.8 Å². The van der Waals surface area contributed by atoms with Gasteiger partial charge in [-0.15, -0.1) is 11.3 Å². The van der Waals surface area contributed by atoms with E-state index in [0.717, 1.165) is 22.0 Å². The predicted octanol–water partition coefficient (Wildman–Crippen LogP) is 1.02. The summed E-state index contributed by atoms with van der Waals surface area (Å²) < 4.78 is 0. The van der Waals surface area contributed by atoms with Gasteiger partial charge in [0.25, 0.3) is 0 Å². The summed E-state index contributed by atoms with van der Waals surface area (Å²) in [6.45, 7) is 6.45. The minimum Gasteiger partial charge on any atom is -0.354 e. The molecule has 0 aliphatic rings. The summed E-state index contributed by atoms with van der Waals surface area (Å²) in [6.07, 6.45) is 1.21. The van der Waals surface area contributed by atoms with E-state index in [1.165, 1.54) is 0 Å². The molecule has 90 valence electrons. The summed E-state index contributed by atoms with van der Waals surface area (Å²) in [6, 6.07) is 0.184. The summed E-state index contributed by atoms with van der Waals surface area (Å²) in [5.41, 5.74) is 6.43. The average Bonchev–Trinajstić information content (AvgIpc) is 2.46. The molecule has 0 radical (unpaired) electrons. The second kappa shape index (κ2) is 5.96. The Morgan fingerprint density at radius 1 is 1.56 bits per heavy atom. The summed E-state index contributed by atoms with van der Waals surface area (Å²) >= 11 is 1.59. The normalized spacial score (nSPS) is 10.8. The highest BCUT2D eigenvalue weighted by Gasteiger charge is 2.11. The molecule has 3 N–H and O–H groups in total. The van der Waals surface area contributed by atoms with Crippen molar-refractivity contribution in [2.75, 3.05) is 6.54 Å². The van der Waals surface area contributed by atoms with Crippen LogP contribution in [-0.2, 0) is 17.6 Å². The number of hydrogen-bond donors (Lipinski definition) is 2. The van der Waals surface area contributed by atoms with E-state index in [0.29, 0.717) is 13.0 Å². The highest BCUT2D eigenvalue weighted by atomic mass is 32.1. The number of thiazole rings is 1. The SMILES string of the molecule is Cc1nc(CCN)sc1CC(=O)NC(C)C. The van der Waals surface area contributed by atoms with Crippen LogP contribution in [-0.4, -0.2) is 23.5 Å². The van der Waals surface area contributed by atoms with E-state index >= 15 is 0 Å². The maximum Gasteiger partial charge on any atom is 0.225 e. The first-order valence-electron chi connectivity index (χ1n) is 5.47. The van der Waals surface area contributed by atoms with E-state index in [2.05, 4.69) is 10.3 Å². The zero-order chi connectivity index (χ0) is 12.1. The fourth-order valence-corrected chi connectivity index (χ4v) is 2.49. The number of aromatic nitrogens is 1. The zero-order valence-corrected chi connectivity index (χ0v) is 10.9. The molecule has 16 heavy (non-hydrogen) atoms. The molecule has 5 heteroatoms. The van der Waals surface area contributed by atoms with Crippen molar-refractivity contribution in [3.63, 3.8) is 0 Å². The number of nitrogens with zero attached hydrogens (tertiary/aromatic N) is 1. The molecule has 0 bridgehead atoms. The van der Waals surface area contributed by atoms with Crippen LogP contribution in [0.5, 0.6) is 0 Å². The molecule has 0 spiro atoms. The molecular formula is C11H19N3OS. The van der Waals surface area contributed by atoms with Crippen molar-refractivity contribution in [3.05, 3.63) is 15.6 Å². The van der Waals surface area contributed by atoms with Crippen molar-refractivity contribution >= 4 is 17.2 Å². The van der Waals surface area contributed by atoms with Crippen LogP contribution < -0.4 is 11.1 Å². The molecule has 1 rings (SSSR count). The Hall–Kier alpha value is -0.940. The molecule has 0 aliphatic heterocycles. The first kappa shape index (κ1) is 13.1. The minimum absolute atomic E-state index is 0.0565. The number of carbonyl (C=O) groups is 1. The molecular weight excluding hydrogens is 222 g/mol. The quantitative estimate of drug-likeness (QED) is 0.808. The van der Waals surface area contributed by atoms with Crippen LogP contribution in [0.15, 0.2) is 0 Å². The molecule has 0 saturated heterocycles. The largest absolute Gasteiger partial charge is 0.354 e. The lowest BCUT2D eigenvalue weighted by molar-refractivity contribution is -0.120. The van der Waals surface area contributed by atoms with Gasteiger partial charge in [0.15, 0.2) is 0 Å². The number of rotatable bonds is 5. The van der Waals surface area contributed by atoms with Gasteiger partial charge in [-0.1, -0.05) is 0 Å². The first-order chi connectivity index (χ1) is 7.52. The molecule has 0 aliphatic carbocycles. The lowest BCUT2D eigenvalue weighted by atomic mass is 10.2. The maximum absolute atomic E-state index is 11.6. The van der Waals surface area contributed by atoms with Crippen LogP contribution in [0.25, 0.3) is 0 Å². The number of hydrogen-bond acceptors (Lipinski definition) is 4. The lowest BCUT2D eigenvalue weighted by Gasteiger charge is -2.06. The van der Waals surface area contributed by atoms with Gasteiger partial charge >= 0.3 is 0 Å². The Balaban J connectivity index is 2.62. The fourth-order valence-electron chi connectivity index (χ4n) is 1.40. The van der Waals surface area contributed by atoms with E-state index in [1.54, 1.807) is 11.3 Å². The van der Waals surface area contributed by atoms with Crippen molar-refractivity contribution in [2.24, 2.45) is 5.73 Å². The van der Waals surface area contributed by atoms with Crippen molar-refractivity contribution in [3.8, 4) is 0 Å². The van der Waals surface area contributed by atoms with E-state index in [-0.39, 0.29) is 11.9 Å². The van der Waals surface area contributed by atoms with Gasteiger partial charge < -0.3 is 11.1 Å². The molecule has 1 aromatic heterocycles. The smallest absolute Gasteiger partial charge is 0.225 e. The van der Waals surface area contributed by atoms with Crippen LogP contribution >= 0.6 is 11.3 Å². The first-order valence-corrected chi connectivity index (χ1v) is 6.29. The molecule has 0 atom stereocenters. The van der Waals surface area contributed by atoms with Gasteiger partial charge in [-0.05, 0) is 27.3 Å². The molecule has 0 fully saturated rings. The molecule has 0 saturated carbocycles. The van der Waals surface area contributed by atoms with E-state index in [4.69, 9.17) is 5.73 Å². The van der Waals surface area contributed by atoms with Gasteiger partial charge in [-0.3, -0.25) is 4.79 Å². The van der Waals surface area contributed by atoms with Gasteiger partial charge in [-0.25, -0.2) is 4.98 Å².